The molecule has 4 rings (SSSR count). The quantitative estimate of drug-likeness (QED) is 0.495. The molecule has 0 bridgehead atoms. The predicted octanol–water partition coefficient (Wildman–Crippen LogP) is 3.62. The number of hydrogen-bond donors (Lipinski definition) is 1. The topological polar surface area (TPSA) is 81.8 Å². The van der Waals surface area contributed by atoms with Crippen molar-refractivity contribution in [2.45, 2.75) is 33.4 Å². The minimum atomic E-state index is -0.139. The molecule has 0 aliphatic heterocycles. The Hall–Kier alpha value is -2.97. The van der Waals surface area contributed by atoms with Gasteiger partial charge in [-0.05, 0) is 43.7 Å². The van der Waals surface area contributed by atoms with Crippen LogP contribution < -0.4 is 10.9 Å². The molecule has 0 saturated carbocycles. The molecule has 1 aromatic carbocycles. The number of aryl methyl sites for hydroxylation is 3. The number of fused-ring (bicyclic) bond motifs is 1. The number of amides is 1. The highest BCUT2D eigenvalue weighted by Crippen LogP contribution is 2.25. The van der Waals surface area contributed by atoms with Crippen LogP contribution in [-0.4, -0.2) is 25.2 Å². The number of nitrogens with one attached hydrogen (secondary N) is 1. The van der Waals surface area contributed by atoms with Gasteiger partial charge >= 0.3 is 0 Å². The van der Waals surface area contributed by atoms with Crippen LogP contribution in [0.1, 0.15) is 22.4 Å². The molecule has 0 atom stereocenters. The first-order valence-electron chi connectivity index (χ1n) is 9.43. The van der Waals surface area contributed by atoms with Crippen LogP contribution >= 0.6 is 22.9 Å². The maximum atomic E-state index is 12.7. The molecular weight excluding hydrogens is 422 g/mol. The lowest BCUT2D eigenvalue weighted by atomic mass is 10.2. The van der Waals surface area contributed by atoms with E-state index in [1.54, 1.807) is 23.0 Å². The van der Waals surface area contributed by atoms with Crippen molar-refractivity contribution in [3.8, 4) is 5.69 Å². The van der Waals surface area contributed by atoms with Gasteiger partial charge in [0.1, 0.15) is 4.83 Å². The number of halogens is 1. The van der Waals surface area contributed by atoms with Crippen LogP contribution in [-0.2, 0) is 17.9 Å². The van der Waals surface area contributed by atoms with Gasteiger partial charge in [0.05, 0.1) is 23.6 Å². The van der Waals surface area contributed by atoms with Crippen molar-refractivity contribution in [3.05, 3.63) is 74.4 Å². The molecule has 0 radical (unpaired) electrons. The van der Waals surface area contributed by atoms with E-state index in [1.165, 1.54) is 22.2 Å². The molecule has 0 aliphatic carbocycles. The second-order valence-corrected chi connectivity index (χ2v) is 8.64. The summed E-state index contributed by atoms with van der Waals surface area (Å²) in [7, 11) is 0. The summed E-state index contributed by atoms with van der Waals surface area (Å²) < 4.78 is 3.23. The molecule has 7 nitrogen and oxygen atoms in total. The van der Waals surface area contributed by atoms with Gasteiger partial charge in [-0.3, -0.25) is 14.2 Å². The molecule has 154 valence electrons. The molecular formula is C21H20ClN5O2S. The summed E-state index contributed by atoms with van der Waals surface area (Å²) in [6.07, 6.45) is 5.27. The maximum Gasteiger partial charge on any atom is 0.262 e. The van der Waals surface area contributed by atoms with Crippen LogP contribution in [0.4, 0.5) is 0 Å². The number of benzene rings is 1. The van der Waals surface area contributed by atoms with Crippen molar-refractivity contribution in [1.29, 1.82) is 0 Å². The second-order valence-electron chi connectivity index (χ2n) is 7.00. The van der Waals surface area contributed by atoms with Crippen molar-refractivity contribution in [2.75, 3.05) is 0 Å². The summed E-state index contributed by atoms with van der Waals surface area (Å²) in [6.45, 7) is 4.56. The highest BCUT2D eigenvalue weighted by Gasteiger charge is 2.13. The van der Waals surface area contributed by atoms with Gasteiger partial charge in [0.2, 0.25) is 5.91 Å². The molecule has 9 heteroatoms. The molecule has 30 heavy (non-hydrogen) atoms. The Morgan fingerprint density at radius 3 is 2.77 bits per heavy atom. The summed E-state index contributed by atoms with van der Waals surface area (Å²) in [5.74, 6) is -0.139. The third-order valence-electron chi connectivity index (χ3n) is 4.95. The van der Waals surface area contributed by atoms with Gasteiger partial charge < -0.3 is 5.32 Å². The molecule has 0 fully saturated rings. The van der Waals surface area contributed by atoms with Crippen LogP contribution in [0.3, 0.4) is 0 Å². The first-order valence-corrected chi connectivity index (χ1v) is 10.6. The normalized spacial score (nSPS) is 11.2. The number of aromatic nitrogens is 4. The molecule has 0 spiro atoms. The van der Waals surface area contributed by atoms with E-state index >= 15 is 0 Å². The van der Waals surface area contributed by atoms with Gasteiger partial charge in [-0.25, -0.2) is 9.67 Å². The Bertz CT molecular complexity index is 1270. The lowest BCUT2D eigenvalue weighted by Gasteiger charge is -2.06. The fourth-order valence-electron chi connectivity index (χ4n) is 3.13. The summed E-state index contributed by atoms with van der Waals surface area (Å²) in [5.41, 5.74) is 2.63. The molecule has 0 unspecified atom stereocenters. The third kappa shape index (κ3) is 4.15. The van der Waals surface area contributed by atoms with Crippen LogP contribution in [0, 0.1) is 13.8 Å². The molecule has 1 amide bonds. The number of rotatable bonds is 6. The average molecular weight is 442 g/mol. The van der Waals surface area contributed by atoms with E-state index in [-0.39, 0.29) is 24.4 Å². The lowest BCUT2D eigenvalue weighted by molar-refractivity contribution is -0.121. The Kier molecular flexibility index (Phi) is 5.69. The van der Waals surface area contributed by atoms with E-state index in [9.17, 15) is 9.59 Å². The van der Waals surface area contributed by atoms with E-state index in [0.29, 0.717) is 17.0 Å². The van der Waals surface area contributed by atoms with Crippen molar-refractivity contribution in [3.63, 3.8) is 0 Å². The zero-order chi connectivity index (χ0) is 21.3. The van der Waals surface area contributed by atoms with Crippen molar-refractivity contribution in [1.82, 2.24) is 24.6 Å². The Morgan fingerprint density at radius 2 is 2.00 bits per heavy atom. The average Bonchev–Trinajstić information content (AvgIpc) is 3.31. The third-order valence-corrected chi connectivity index (χ3v) is 6.32. The minimum absolute atomic E-state index is 0.0982. The predicted molar refractivity (Wildman–Crippen MR) is 118 cm³/mol. The number of nitrogens with zero attached hydrogens (tertiary/aromatic N) is 4. The summed E-state index contributed by atoms with van der Waals surface area (Å²) >= 11 is 7.42. The molecule has 0 aliphatic rings. The van der Waals surface area contributed by atoms with E-state index in [0.717, 1.165) is 26.5 Å². The molecule has 4 aromatic rings. The molecule has 0 saturated heterocycles. The molecule has 3 heterocycles. The Balaban J connectivity index is 1.35. The first-order chi connectivity index (χ1) is 14.4. The van der Waals surface area contributed by atoms with Gasteiger partial charge in [0, 0.05) is 41.2 Å². The number of carbonyl (C=O) groups is 1. The summed E-state index contributed by atoms with van der Waals surface area (Å²) in [5, 5.41) is 8.49. The van der Waals surface area contributed by atoms with Gasteiger partial charge in [-0.1, -0.05) is 11.6 Å². The fourth-order valence-corrected chi connectivity index (χ4v) is 4.24. The number of carbonyl (C=O) groups excluding carboxylic acids is 1. The fraction of sp³-hybridized carbons (Fsp3) is 0.238. The van der Waals surface area contributed by atoms with Crippen LogP contribution in [0.5, 0.6) is 0 Å². The Morgan fingerprint density at radius 1 is 1.23 bits per heavy atom. The highest BCUT2D eigenvalue weighted by molar-refractivity contribution is 7.18. The van der Waals surface area contributed by atoms with E-state index < -0.39 is 0 Å². The van der Waals surface area contributed by atoms with Gasteiger partial charge in [-0.15, -0.1) is 11.3 Å². The number of hydrogen-bond acceptors (Lipinski definition) is 5. The SMILES string of the molecule is Cc1sc2ncn(CCC(=O)NCc3cnn(-c4ccc(Cl)cc4)c3)c(=O)c2c1C. The number of thiophene rings is 1. The highest BCUT2D eigenvalue weighted by atomic mass is 35.5. The second kappa shape index (κ2) is 8.41. The van der Waals surface area contributed by atoms with E-state index in [4.69, 9.17) is 11.6 Å². The van der Waals surface area contributed by atoms with Gasteiger partial charge in [0.25, 0.3) is 5.56 Å². The van der Waals surface area contributed by atoms with Crippen LogP contribution in [0.2, 0.25) is 5.02 Å². The first kappa shape index (κ1) is 20.3. The summed E-state index contributed by atoms with van der Waals surface area (Å²) in [4.78, 5) is 31.1. The summed E-state index contributed by atoms with van der Waals surface area (Å²) in [6, 6.07) is 7.34. The zero-order valence-corrected chi connectivity index (χ0v) is 18.1. The molecule has 1 N–H and O–H groups in total. The molecule has 3 aromatic heterocycles. The largest absolute Gasteiger partial charge is 0.352 e. The van der Waals surface area contributed by atoms with Crippen LogP contribution in [0.15, 0.2) is 47.8 Å². The van der Waals surface area contributed by atoms with Crippen molar-refractivity contribution < 1.29 is 4.79 Å². The maximum absolute atomic E-state index is 12.7. The smallest absolute Gasteiger partial charge is 0.262 e. The van der Waals surface area contributed by atoms with Crippen LogP contribution in [0.25, 0.3) is 15.9 Å². The van der Waals surface area contributed by atoms with E-state index in [2.05, 4.69) is 15.4 Å². The minimum Gasteiger partial charge on any atom is -0.352 e. The van der Waals surface area contributed by atoms with Crippen molar-refractivity contribution >= 4 is 39.1 Å². The Labute approximate surface area is 181 Å². The van der Waals surface area contributed by atoms with Gasteiger partial charge in [-0.2, -0.15) is 5.10 Å². The lowest BCUT2D eigenvalue weighted by Crippen LogP contribution is -2.27. The standard InChI is InChI=1S/C21H20ClN5O2S/c1-13-14(2)30-20-19(13)21(29)26(12-24-20)8-7-18(28)23-9-15-10-25-27(11-15)17-5-3-16(22)4-6-17/h3-6,10-12H,7-9H2,1-2H3,(H,23,28). The van der Waals surface area contributed by atoms with E-state index in [1.807, 2.05) is 32.2 Å². The zero-order valence-electron chi connectivity index (χ0n) is 16.6. The van der Waals surface area contributed by atoms with Gasteiger partial charge in [0.15, 0.2) is 0 Å². The monoisotopic (exact) mass is 441 g/mol. The van der Waals surface area contributed by atoms with Crippen molar-refractivity contribution in [2.24, 2.45) is 0 Å².